The van der Waals surface area contributed by atoms with Crippen molar-refractivity contribution in [3.63, 3.8) is 0 Å². The third kappa shape index (κ3) is 2.86. The lowest BCUT2D eigenvalue weighted by Crippen LogP contribution is -1.98. The van der Waals surface area contributed by atoms with Crippen molar-refractivity contribution in [2.75, 3.05) is 0 Å². The molecule has 0 unspecified atom stereocenters. The van der Waals surface area contributed by atoms with Crippen molar-refractivity contribution in [3.05, 3.63) is 63.4 Å². The first-order valence-electron chi connectivity index (χ1n) is 5.32. The number of nitro groups is 1. The van der Waals surface area contributed by atoms with E-state index in [2.05, 4.69) is 0 Å². The predicted molar refractivity (Wildman–Crippen MR) is 67.7 cm³/mol. The molecule has 2 aromatic rings. The van der Waals surface area contributed by atoms with E-state index < -0.39 is 10.9 Å². The summed E-state index contributed by atoms with van der Waals surface area (Å²) < 4.78 is 4.93. The molecule has 6 heteroatoms. The van der Waals surface area contributed by atoms with Gasteiger partial charge in [-0.15, -0.1) is 0 Å². The molecular formula is C13H9NO5. The van der Waals surface area contributed by atoms with Crippen LogP contribution in [-0.2, 0) is 0 Å². The van der Waals surface area contributed by atoms with Gasteiger partial charge in [-0.1, -0.05) is 24.3 Å². The highest BCUT2D eigenvalue weighted by Crippen LogP contribution is 2.19. The zero-order valence-corrected chi connectivity index (χ0v) is 9.65. The second-order valence-corrected chi connectivity index (χ2v) is 3.66. The van der Waals surface area contributed by atoms with E-state index in [-0.39, 0.29) is 17.2 Å². The largest absolute Gasteiger partial charge is 0.478 e. The molecule has 6 nitrogen and oxygen atoms in total. The molecule has 0 aliphatic carbocycles. The molecule has 19 heavy (non-hydrogen) atoms. The Morgan fingerprint density at radius 1 is 1.21 bits per heavy atom. The predicted octanol–water partition coefficient (Wildman–Crippen LogP) is 3.06. The Balaban J connectivity index is 2.27. The second kappa shape index (κ2) is 5.18. The summed E-state index contributed by atoms with van der Waals surface area (Å²) in [5.41, 5.74) is 0.647. The van der Waals surface area contributed by atoms with Crippen LogP contribution in [0.3, 0.4) is 0 Å². The van der Waals surface area contributed by atoms with Gasteiger partial charge in [0.25, 0.3) is 0 Å². The maximum Gasteiger partial charge on any atom is 0.433 e. The maximum atomic E-state index is 11.0. The van der Waals surface area contributed by atoms with Gasteiger partial charge in [0, 0.05) is 0 Å². The van der Waals surface area contributed by atoms with Crippen molar-refractivity contribution in [2.24, 2.45) is 0 Å². The number of hydrogen-bond donors (Lipinski definition) is 1. The van der Waals surface area contributed by atoms with Gasteiger partial charge in [0.1, 0.15) is 10.7 Å². The van der Waals surface area contributed by atoms with Gasteiger partial charge in [-0.25, -0.2) is 4.79 Å². The second-order valence-electron chi connectivity index (χ2n) is 3.66. The van der Waals surface area contributed by atoms with E-state index in [4.69, 9.17) is 9.52 Å². The standard InChI is InChI=1S/C13H9NO5/c15-13(16)11-4-2-1-3-9(11)5-6-10-7-8-12(19-10)14(17)18/h1-8H,(H,15,16). The van der Waals surface area contributed by atoms with Gasteiger partial charge in [0.05, 0.1) is 11.6 Å². The normalized spacial score (nSPS) is 10.7. The first-order chi connectivity index (χ1) is 9.08. The molecule has 0 bridgehead atoms. The third-order valence-electron chi connectivity index (χ3n) is 2.41. The number of benzene rings is 1. The molecule has 0 spiro atoms. The van der Waals surface area contributed by atoms with Crippen LogP contribution < -0.4 is 0 Å². The summed E-state index contributed by atoms with van der Waals surface area (Å²) >= 11 is 0. The number of nitrogens with zero attached hydrogens (tertiary/aromatic N) is 1. The number of rotatable bonds is 4. The molecule has 0 saturated heterocycles. The van der Waals surface area contributed by atoms with Crippen LogP contribution >= 0.6 is 0 Å². The van der Waals surface area contributed by atoms with E-state index in [0.717, 1.165) is 0 Å². The van der Waals surface area contributed by atoms with Crippen molar-refractivity contribution < 1.29 is 19.2 Å². The summed E-state index contributed by atoms with van der Waals surface area (Å²) in [6.45, 7) is 0. The molecule has 0 radical (unpaired) electrons. The Morgan fingerprint density at radius 3 is 2.58 bits per heavy atom. The molecule has 1 aromatic heterocycles. The first-order valence-corrected chi connectivity index (χ1v) is 5.32. The number of hydrogen-bond acceptors (Lipinski definition) is 4. The van der Waals surface area contributed by atoms with Gasteiger partial charge in [-0.05, 0) is 23.8 Å². The Morgan fingerprint density at radius 2 is 1.95 bits per heavy atom. The molecule has 0 fully saturated rings. The SMILES string of the molecule is O=C(O)c1ccccc1C=Cc1ccc([N+](=O)[O-])o1. The molecule has 1 heterocycles. The van der Waals surface area contributed by atoms with Crippen molar-refractivity contribution in [1.82, 2.24) is 0 Å². The number of furan rings is 1. The van der Waals surface area contributed by atoms with Gasteiger partial charge in [-0.2, -0.15) is 0 Å². The monoisotopic (exact) mass is 259 g/mol. The molecule has 1 aromatic carbocycles. The van der Waals surface area contributed by atoms with Crippen LogP contribution in [-0.4, -0.2) is 16.0 Å². The quantitative estimate of drug-likeness (QED) is 0.672. The molecule has 0 saturated carbocycles. The Labute approximate surface area is 107 Å². The molecule has 1 N–H and O–H groups in total. The molecule has 2 rings (SSSR count). The van der Waals surface area contributed by atoms with E-state index in [0.29, 0.717) is 5.56 Å². The highest BCUT2D eigenvalue weighted by molar-refractivity contribution is 5.93. The average molecular weight is 259 g/mol. The Bertz CT molecular complexity index is 657. The molecular weight excluding hydrogens is 250 g/mol. The van der Waals surface area contributed by atoms with E-state index in [9.17, 15) is 14.9 Å². The smallest absolute Gasteiger partial charge is 0.433 e. The first kappa shape index (κ1) is 12.6. The zero-order chi connectivity index (χ0) is 13.8. The summed E-state index contributed by atoms with van der Waals surface area (Å²) in [5.74, 6) is -1.11. The lowest BCUT2D eigenvalue weighted by Gasteiger charge is -1.99. The van der Waals surface area contributed by atoms with Crippen LogP contribution in [0.4, 0.5) is 5.88 Å². The van der Waals surface area contributed by atoms with Crippen LogP contribution in [0.2, 0.25) is 0 Å². The van der Waals surface area contributed by atoms with Crippen LogP contribution in [0.15, 0.2) is 40.8 Å². The molecule has 96 valence electrons. The van der Waals surface area contributed by atoms with E-state index in [1.54, 1.807) is 18.2 Å². The maximum absolute atomic E-state index is 11.0. The minimum absolute atomic E-state index is 0.153. The van der Waals surface area contributed by atoms with Crippen molar-refractivity contribution in [1.29, 1.82) is 0 Å². The summed E-state index contributed by atoms with van der Waals surface area (Å²) in [6, 6.07) is 9.12. The lowest BCUT2D eigenvalue weighted by atomic mass is 10.1. The Hall–Kier alpha value is -2.89. The van der Waals surface area contributed by atoms with Crippen molar-refractivity contribution in [2.45, 2.75) is 0 Å². The highest BCUT2D eigenvalue weighted by Gasteiger charge is 2.10. The van der Waals surface area contributed by atoms with Gasteiger partial charge in [0.15, 0.2) is 0 Å². The summed E-state index contributed by atoms with van der Waals surface area (Å²) in [6.07, 6.45) is 3.01. The van der Waals surface area contributed by atoms with Crippen LogP contribution in [0, 0.1) is 10.1 Å². The van der Waals surface area contributed by atoms with E-state index >= 15 is 0 Å². The fourth-order valence-electron chi connectivity index (χ4n) is 1.54. The molecule has 0 aliphatic heterocycles. The average Bonchev–Trinajstić information content (AvgIpc) is 2.85. The van der Waals surface area contributed by atoms with Gasteiger partial charge >= 0.3 is 11.9 Å². The minimum atomic E-state index is -1.04. The number of aromatic carboxylic acids is 1. The van der Waals surface area contributed by atoms with Gasteiger partial charge < -0.3 is 9.52 Å². The summed E-state index contributed by atoms with van der Waals surface area (Å²) in [4.78, 5) is 20.8. The summed E-state index contributed by atoms with van der Waals surface area (Å²) in [7, 11) is 0. The van der Waals surface area contributed by atoms with Crippen LogP contribution in [0.5, 0.6) is 0 Å². The van der Waals surface area contributed by atoms with Crippen LogP contribution in [0.25, 0.3) is 12.2 Å². The molecule has 0 amide bonds. The van der Waals surface area contributed by atoms with E-state index in [1.165, 1.54) is 30.4 Å². The topological polar surface area (TPSA) is 93.6 Å². The fourth-order valence-corrected chi connectivity index (χ4v) is 1.54. The zero-order valence-electron chi connectivity index (χ0n) is 9.65. The number of carbonyl (C=O) groups is 1. The summed E-state index contributed by atoms with van der Waals surface area (Å²) in [5, 5.41) is 19.4. The fraction of sp³-hybridized carbons (Fsp3) is 0. The van der Waals surface area contributed by atoms with Crippen molar-refractivity contribution in [3.8, 4) is 0 Å². The van der Waals surface area contributed by atoms with Gasteiger partial charge in [-0.3, -0.25) is 10.1 Å². The highest BCUT2D eigenvalue weighted by atomic mass is 16.6. The lowest BCUT2D eigenvalue weighted by molar-refractivity contribution is -0.402. The van der Waals surface area contributed by atoms with Crippen molar-refractivity contribution >= 4 is 24.0 Å². The minimum Gasteiger partial charge on any atom is -0.478 e. The van der Waals surface area contributed by atoms with Crippen LogP contribution in [0.1, 0.15) is 21.7 Å². The number of carboxylic acid groups (broad SMARTS) is 1. The van der Waals surface area contributed by atoms with E-state index in [1.807, 2.05) is 0 Å². The Kier molecular flexibility index (Phi) is 3.42. The third-order valence-corrected chi connectivity index (χ3v) is 2.41. The molecule has 0 atom stereocenters. The van der Waals surface area contributed by atoms with Gasteiger partial charge in [0.2, 0.25) is 0 Å². The number of carboxylic acids is 1. The molecule has 0 aliphatic rings.